The van der Waals surface area contributed by atoms with Gasteiger partial charge in [-0.1, -0.05) is 0 Å². The molecular formula is C17H12F3NO4. The summed E-state index contributed by atoms with van der Waals surface area (Å²) in [7, 11) is 0. The monoisotopic (exact) mass is 351 g/mol. The fraction of sp³-hybridized carbons (Fsp3) is 0.118. The molecule has 0 saturated heterocycles. The molecule has 130 valence electrons. The molecule has 1 amide bonds. The Hall–Kier alpha value is -3.16. The maximum atomic E-state index is 13.9. The molecular weight excluding hydrogens is 339 g/mol. The van der Waals surface area contributed by atoms with Crippen LogP contribution in [0.1, 0.15) is 27.6 Å². The van der Waals surface area contributed by atoms with E-state index in [1.54, 1.807) is 0 Å². The fourth-order valence-electron chi connectivity index (χ4n) is 1.96. The number of Topliss-reactive ketones (excluding diaryl/α,β-unsaturated/α-hetero) is 1. The molecule has 0 aliphatic rings. The van der Waals surface area contributed by atoms with Gasteiger partial charge in [-0.2, -0.15) is 0 Å². The van der Waals surface area contributed by atoms with Crippen molar-refractivity contribution in [3.63, 3.8) is 0 Å². The molecule has 0 unspecified atom stereocenters. The van der Waals surface area contributed by atoms with Gasteiger partial charge in [-0.25, -0.2) is 18.0 Å². The van der Waals surface area contributed by atoms with E-state index in [-0.39, 0.29) is 11.3 Å². The maximum Gasteiger partial charge on any atom is 0.341 e. The molecule has 2 aromatic carbocycles. The lowest BCUT2D eigenvalue weighted by Crippen LogP contribution is -2.16. The highest BCUT2D eigenvalue weighted by atomic mass is 19.1. The third-order valence-electron chi connectivity index (χ3n) is 3.08. The number of benzene rings is 2. The molecule has 0 bridgehead atoms. The lowest BCUT2D eigenvalue weighted by molar-refractivity contribution is -0.114. The van der Waals surface area contributed by atoms with E-state index in [9.17, 15) is 27.6 Å². The summed E-state index contributed by atoms with van der Waals surface area (Å²) in [5, 5.41) is 2.35. The Labute approximate surface area is 140 Å². The predicted octanol–water partition coefficient (Wildman–Crippen LogP) is 3.10. The average Bonchev–Trinajstić information content (AvgIpc) is 2.51. The Kier molecular flexibility index (Phi) is 5.53. The molecule has 2 aromatic rings. The van der Waals surface area contributed by atoms with Gasteiger partial charge in [-0.3, -0.25) is 9.59 Å². The second kappa shape index (κ2) is 7.61. The Morgan fingerprint density at radius 1 is 0.960 bits per heavy atom. The first-order chi connectivity index (χ1) is 11.8. The summed E-state index contributed by atoms with van der Waals surface area (Å²) in [4.78, 5) is 34.5. The van der Waals surface area contributed by atoms with E-state index in [1.165, 1.54) is 13.0 Å². The Morgan fingerprint density at radius 2 is 1.60 bits per heavy atom. The molecule has 0 fully saturated rings. The zero-order valence-corrected chi connectivity index (χ0v) is 12.9. The number of hydrogen-bond acceptors (Lipinski definition) is 4. The van der Waals surface area contributed by atoms with Crippen LogP contribution in [0.4, 0.5) is 18.9 Å². The molecule has 0 radical (unpaired) electrons. The van der Waals surface area contributed by atoms with Gasteiger partial charge >= 0.3 is 5.97 Å². The Bertz CT molecular complexity index is 852. The van der Waals surface area contributed by atoms with E-state index in [2.05, 4.69) is 10.1 Å². The summed E-state index contributed by atoms with van der Waals surface area (Å²) < 4.78 is 44.7. The predicted molar refractivity (Wildman–Crippen MR) is 81.7 cm³/mol. The molecule has 25 heavy (non-hydrogen) atoms. The smallest absolute Gasteiger partial charge is 0.341 e. The molecule has 0 spiro atoms. The molecule has 8 heteroatoms. The van der Waals surface area contributed by atoms with E-state index in [0.29, 0.717) is 6.07 Å². The van der Waals surface area contributed by atoms with E-state index in [0.717, 1.165) is 24.3 Å². The molecule has 0 aromatic heterocycles. The molecule has 2 rings (SSSR count). The van der Waals surface area contributed by atoms with Crippen molar-refractivity contribution in [1.29, 1.82) is 0 Å². The van der Waals surface area contributed by atoms with Crippen molar-refractivity contribution in [2.24, 2.45) is 0 Å². The van der Waals surface area contributed by atoms with E-state index >= 15 is 0 Å². The van der Waals surface area contributed by atoms with Crippen LogP contribution >= 0.6 is 0 Å². The van der Waals surface area contributed by atoms with Crippen molar-refractivity contribution in [3.05, 3.63) is 65.0 Å². The largest absolute Gasteiger partial charge is 0.454 e. The number of rotatable bonds is 5. The van der Waals surface area contributed by atoms with E-state index in [1.807, 2.05) is 0 Å². The van der Waals surface area contributed by atoms with Crippen LogP contribution in [0.15, 0.2) is 36.4 Å². The normalized spacial score (nSPS) is 10.2. The van der Waals surface area contributed by atoms with Gasteiger partial charge in [0, 0.05) is 18.7 Å². The second-order valence-corrected chi connectivity index (χ2v) is 5.00. The summed E-state index contributed by atoms with van der Waals surface area (Å²) in [6, 6.07) is 5.60. The molecule has 0 atom stereocenters. The minimum Gasteiger partial charge on any atom is -0.454 e. The standard InChI is InChI=1S/C17H12F3NO4/c1-9(22)21-11-3-5-12(15(20)7-11)16(23)8-25-17(24)13-4-2-10(18)6-14(13)19/h2-7H,8H2,1H3,(H,21,22). The van der Waals surface area contributed by atoms with Gasteiger partial charge in [0.25, 0.3) is 0 Å². The zero-order valence-electron chi connectivity index (χ0n) is 12.9. The van der Waals surface area contributed by atoms with Crippen molar-refractivity contribution in [1.82, 2.24) is 0 Å². The Balaban J connectivity index is 2.04. The van der Waals surface area contributed by atoms with Crippen LogP contribution in [-0.4, -0.2) is 24.3 Å². The fourth-order valence-corrected chi connectivity index (χ4v) is 1.96. The quantitative estimate of drug-likeness (QED) is 0.664. The van der Waals surface area contributed by atoms with Crippen LogP contribution < -0.4 is 5.32 Å². The SMILES string of the molecule is CC(=O)Nc1ccc(C(=O)COC(=O)c2ccc(F)cc2F)c(F)c1. The minimum atomic E-state index is -1.18. The Morgan fingerprint density at radius 3 is 2.20 bits per heavy atom. The lowest BCUT2D eigenvalue weighted by atomic mass is 10.1. The number of ketones is 1. The number of anilines is 1. The first-order valence-electron chi connectivity index (χ1n) is 7.00. The van der Waals surface area contributed by atoms with Crippen molar-refractivity contribution in [3.8, 4) is 0 Å². The van der Waals surface area contributed by atoms with Crippen LogP contribution in [0.25, 0.3) is 0 Å². The number of amides is 1. The first-order valence-corrected chi connectivity index (χ1v) is 7.00. The summed E-state index contributed by atoms with van der Waals surface area (Å²) in [5.41, 5.74) is -0.746. The summed E-state index contributed by atoms with van der Waals surface area (Å²) in [5.74, 6) is -5.37. The first kappa shape index (κ1) is 18.2. The van der Waals surface area contributed by atoms with E-state index in [4.69, 9.17) is 0 Å². The highest BCUT2D eigenvalue weighted by Gasteiger charge is 2.18. The molecule has 0 aliphatic heterocycles. The average molecular weight is 351 g/mol. The third-order valence-corrected chi connectivity index (χ3v) is 3.08. The summed E-state index contributed by atoms with van der Waals surface area (Å²) in [6.45, 7) is 0.414. The highest BCUT2D eigenvalue weighted by Crippen LogP contribution is 2.16. The molecule has 1 N–H and O–H groups in total. The van der Waals surface area contributed by atoms with Crippen molar-refractivity contribution < 1.29 is 32.3 Å². The third kappa shape index (κ3) is 4.66. The number of ether oxygens (including phenoxy) is 1. The minimum absolute atomic E-state index is 0.159. The number of carbonyl (C=O) groups excluding carboxylic acids is 3. The van der Waals surface area contributed by atoms with Crippen molar-refractivity contribution >= 4 is 23.3 Å². The van der Waals surface area contributed by atoms with E-state index < -0.39 is 47.3 Å². The summed E-state index contributed by atoms with van der Waals surface area (Å²) in [6.07, 6.45) is 0. The van der Waals surface area contributed by atoms with Gasteiger partial charge in [0.1, 0.15) is 17.5 Å². The van der Waals surface area contributed by atoms with Crippen LogP contribution in [0.2, 0.25) is 0 Å². The molecule has 5 nitrogen and oxygen atoms in total. The van der Waals surface area contributed by atoms with Gasteiger partial charge in [-0.15, -0.1) is 0 Å². The second-order valence-electron chi connectivity index (χ2n) is 5.00. The van der Waals surface area contributed by atoms with Crippen LogP contribution in [0, 0.1) is 17.5 Å². The molecule has 0 saturated carbocycles. The van der Waals surface area contributed by atoms with Gasteiger partial charge in [0.05, 0.1) is 11.1 Å². The van der Waals surface area contributed by atoms with Gasteiger partial charge in [0.2, 0.25) is 11.7 Å². The van der Waals surface area contributed by atoms with Gasteiger partial charge in [0.15, 0.2) is 6.61 Å². The van der Waals surface area contributed by atoms with Crippen LogP contribution in [0.5, 0.6) is 0 Å². The molecule has 0 heterocycles. The lowest BCUT2D eigenvalue weighted by Gasteiger charge is -2.08. The van der Waals surface area contributed by atoms with Gasteiger partial charge in [-0.05, 0) is 30.3 Å². The number of hydrogen-bond donors (Lipinski definition) is 1. The highest BCUT2D eigenvalue weighted by molar-refractivity contribution is 6.00. The van der Waals surface area contributed by atoms with Crippen molar-refractivity contribution in [2.45, 2.75) is 6.92 Å². The molecule has 0 aliphatic carbocycles. The van der Waals surface area contributed by atoms with Gasteiger partial charge < -0.3 is 10.1 Å². The number of esters is 1. The number of carbonyl (C=O) groups is 3. The summed E-state index contributed by atoms with van der Waals surface area (Å²) >= 11 is 0. The zero-order chi connectivity index (χ0) is 18.6. The number of nitrogens with one attached hydrogen (secondary N) is 1. The van der Waals surface area contributed by atoms with Crippen molar-refractivity contribution in [2.75, 3.05) is 11.9 Å². The van der Waals surface area contributed by atoms with Crippen LogP contribution in [0.3, 0.4) is 0 Å². The maximum absolute atomic E-state index is 13.9. The topological polar surface area (TPSA) is 72.5 Å². The van der Waals surface area contributed by atoms with Crippen LogP contribution in [-0.2, 0) is 9.53 Å². The number of halogens is 3.